The molecule has 0 bridgehead atoms. The molecule has 1 aliphatic rings. The molecule has 0 saturated carbocycles. The number of nitrogens with zero attached hydrogens (tertiary/aromatic N) is 1. The molecule has 2 aromatic rings. The van der Waals surface area contributed by atoms with Crippen molar-refractivity contribution in [2.45, 2.75) is 12.5 Å². The Bertz CT molecular complexity index is 971. The van der Waals surface area contributed by atoms with Crippen LogP contribution < -0.4 is 5.32 Å². The van der Waals surface area contributed by atoms with Gasteiger partial charge >= 0.3 is 5.97 Å². The van der Waals surface area contributed by atoms with Crippen molar-refractivity contribution in [1.29, 1.82) is 0 Å². The van der Waals surface area contributed by atoms with Gasteiger partial charge in [0.1, 0.15) is 11.8 Å². The highest BCUT2D eigenvalue weighted by atomic mass is 32.2. The number of hydrogen-bond donors (Lipinski definition) is 3. The van der Waals surface area contributed by atoms with Crippen LogP contribution in [-0.2, 0) is 4.79 Å². The van der Waals surface area contributed by atoms with Gasteiger partial charge in [0.25, 0.3) is 11.8 Å². The van der Waals surface area contributed by atoms with Crippen LogP contribution in [-0.4, -0.2) is 56.9 Å². The number of benzene rings is 2. The molecule has 1 unspecified atom stereocenters. The van der Waals surface area contributed by atoms with Crippen molar-refractivity contribution in [2.24, 2.45) is 0 Å². The molecular weight excluding hydrogens is 396 g/mol. The van der Waals surface area contributed by atoms with Crippen molar-refractivity contribution in [3.8, 4) is 5.75 Å². The normalized spacial score (nSPS) is 13.9. The summed E-state index contributed by atoms with van der Waals surface area (Å²) in [6.45, 7) is 0. The number of rotatable bonds is 7. The van der Waals surface area contributed by atoms with E-state index in [1.807, 2.05) is 6.26 Å². The average Bonchev–Trinajstić information content (AvgIpc) is 2.95. The van der Waals surface area contributed by atoms with Gasteiger partial charge in [-0.1, -0.05) is 12.1 Å². The molecule has 29 heavy (non-hydrogen) atoms. The number of carboxylic acids is 1. The van der Waals surface area contributed by atoms with Crippen molar-refractivity contribution >= 4 is 41.1 Å². The zero-order valence-electron chi connectivity index (χ0n) is 15.4. The average molecular weight is 414 g/mol. The molecule has 0 aromatic heterocycles. The summed E-state index contributed by atoms with van der Waals surface area (Å²) in [5.74, 6) is -2.85. The Labute approximate surface area is 170 Å². The number of thioether (sulfide) groups is 1. The van der Waals surface area contributed by atoms with Crippen LogP contribution in [0.4, 0.5) is 5.69 Å². The first kappa shape index (κ1) is 20.4. The third-order valence-electron chi connectivity index (χ3n) is 4.54. The summed E-state index contributed by atoms with van der Waals surface area (Å²) in [7, 11) is 0. The molecule has 0 aliphatic carbocycles. The van der Waals surface area contributed by atoms with E-state index >= 15 is 0 Å². The summed E-state index contributed by atoms with van der Waals surface area (Å²) in [6, 6.07) is 8.69. The molecule has 1 heterocycles. The summed E-state index contributed by atoms with van der Waals surface area (Å²) < 4.78 is 0. The monoisotopic (exact) mass is 414 g/mol. The lowest BCUT2D eigenvalue weighted by Gasteiger charge is -2.25. The molecule has 0 saturated heterocycles. The van der Waals surface area contributed by atoms with E-state index in [2.05, 4.69) is 5.32 Å². The molecule has 150 valence electrons. The summed E-state index contributed by atoms with van der Waals surface area (Å²) >= 11 is 1.45. The topological polar surface area (TPSA) is 124 Å². The van der Waals surface area contributed by atoms with E-state index in [1.54, 1.807) is 12.1 Å². The molecular formula is C20H18N2O6S. The number of carbonyl (C=O) groups excluding carboxylic acids is 3. The second-order valence-electron chi connectivity index (χ2n) is 6.35. The highest BCUT2D eigenvalue weighted by Gasteiger charge is 2.42. The maximum Gasteiger partial charge on any atom is 0.335 e. The molecule has 9 heteroatoms. The van der Waals surface area contributed by atoms with Crippen molar-refractivity contribution in [3.63, 3.8) is 0 Å². The predicted molar refractivity (Wildman–Crippen MR) is 107 cm³/mol. The van der Waals surface area contributed by atoms with E-state index < -0.39 is 29.7 Å². The van der Waals surface area contributed by atoms with Gasteiger partial charge in [-0.25, -0.2) is 4.79 Å². The van der Waals surface area contributed by atoms with E-state index in [9.17, 15) is 24.3 Å². The highest BCUT2D eigenvalue weighted by Crippen LogP contribution is 2.29. The maximum atomic E-state index is 13.0. The molecule has 8 nitrogen and oxygen atoms in total. The standard InChI is InChI=1S/C20H18N2O6S/c1-29-9-8-15(22-18(25)12-4-2-3-5-13(12)19(22)26)17(24)21-14-10-11(20(27)28)6-7-16(14)23/h2-7,10,15,23H,8-9H2,1H3,(H,21,24)(H,27,28). The fourth-order valence-electron chi connectivity index (χ4n) is 3.08. The van der Waals surface area contributed by atoms with Gasteiger partial charge in [0.2, 0.25) is 5.91 Å². The van der Waals surface area contributed by atoms with Crippen LogP contribution in [0.5, 0.6) is 5.75 Å². The molecule has 0 fully saturated rings. The van der Waals surface area contributed by atoms with Crippen molar-refractivity contribution in [1.82, 2.24) is 4.90 Å². The third kappa shape index (κ3) is 3.95. The second-order valence-corrected chi connectivity index (χ2v) is 7.34. The number of imide groups is 1. The van der Waals surface area contributed by atoms with E-state index in [-0.39, 0.29) is 34.5 Å². The Hall–Kier alpha value is -3.33. The SMILES string of the molecule is CSCCC(C(=O)Nc1cc(C(=O)O)ccc1O)N1C(=O)c2ccccc2C1=O. The minimum Gasteiger partial charge on any atom is -0.506 e. The zero-order valence-corrected chi connectivity index (χ0v) is 16.2. The van der Waals surface area contributed by atoms with E-state index in [0.717, 1.165) is 17.0 Å². The summed E-state index contributed by atoms with van der Waals surface area (Å²) in [5, 5.41) is 21.5. The van der Waals surface area contributed by atoms with Gasteiger partial charge in [0.15, 0.2) is 0 Å². The number of anilines is 1. The number of amides is 3. The first-order valence-corrected chi connectivity index (χ1v) is 10.1. The smallest absolute Gasteiger partial charge is 0.335 e. The molecule has 3 N–H and O–H groups in total. The molecule has 1 aliphatic heterocycles. The number of carboxylic acid groups (broad SMARTS) is 1. The largest absolute Gasteiger partial charge is 0.506 e. The Morgan fingerprint density at radius 2 is 1.72 bits per heavy atom. The number of phenolic OH excluding ortho intramolecular Hbond substituents is 1. The van der Waals surface area contributed by atoms with Gasteiger partial charge < -0.3 is 15.5 Å². The van der Waals surface area contributed by atoms with Gasteiger partial charge in [-0.05, 0) is 48.8 Å². The molecule has 0 spiro atoms. The van der Waals surface area contributed by atoms with Gasteiger partial charge in [0.05, 0.1) is 22.4 Å². The van der Waals surface area contributed by atoms with Crippen LogP contribution in [0.15, 0.2) is 42.5 Å². The van der Waals surface area contributed by atoms with Crippen LogP contribution >= 0.6 is 11.8 Å². The summed E-state index contributed by atoms with van der Waals surface area (Å²) in [5.41, 5.74) is 0.227. The number of hydrogen-bond acceptors (Lipinski definition) is 6. The molecule has 3 rings (SSSR count). The fourth-order valence-corrected chi connectivity index (χ4v) is 3.54. The van der Waals surface area contributed by atoms with Crippen LogP contribution in [0.2, 0.25) is 0 Å². The Morgan fingerprint density at radius 1 is 1.10 bits per heavy atom. The number of fused-ring (bicyclic) bond motifs is 1. The van der Waals surface area contributed by atoms with Crippen LogP contribution in [0, 0.1) is 0 Å². The number of carbonyl (C=O) groups is 4. The molecule has 3 amide bonds. The highest BCUT2D eigenvalue weighted by molar-refractivity contribution is 7.98. The third-order valence-corrected chi connectivity index (χ3v) is 5.18. The maximum absolute atomic E-state index is 13.0. The lowest BCUT2D eigenvalue weighted by atomic mass is 10.1. The predicted octanol–water partition coefficient (Wildman–Crippen LogP) is 2.45. The van der Waals surface area contributed by atoms with E-state index in [4.69, 9.17) is 5.11 Å². The summed E-state index contributed by atoms with van der Waals surface area (Å²) in [4.78, 5) is 50.6. The van der Waals surface area contributed by atoms with Crippen molar-refractivity contribution < 1.29 is 29.4 Å². The summed E-state index contributed by atoms with van der Waals surface area (Å²) in [6.07, 6.45) is 2.04. The first-order valence-electron chi connectivity index (χ1n) is 8.68. The second kappa shape index (κ2) is 8.36. The van der Waals surface area contributed by atoms with Crippen LogP contribution in [0.3, 0.4) is 0 Å². The van der Waals surface area contributed by atoms with Crippen LogP contribution in [0.25, 0.3) is 0 Å². The Kier molecular flexibility index (Phi) is 5.88. The lowest BCUT2D eigenvalue weighted by Crippen LogP contribution is -2.47. The lowest BCUT2D eigenvalue weighted by molar-refractivity contribution is -0.120. The quantitative estimate of drug-likeness (QED) is 0.469. The van der Waals surface area contributed by atoms with Gasteiger partial charge in [-0.3, -0.25) is 19.3 Å². The van der Waals surface area contributed by atoms with E-state index in [1.165, 1.54) is 30.0 Å². The van der Waals surface area contributed by atoms with Gasteiger partial charge in [0, 0.05) is 0 Å². The van der Waals surface area contributed by atoms with Crippen molar-refractivity contribution in [3.05, 3.63) is 59.2 Å². The Balaban J connectivity index is 1.91. The van der Waals surface area contributed by atoms with E-state index in [0.29, 0.717) is 5.75 Å². The zero-order chi connectivity index (χ0) is 21.1. The van der Waals surface area contributed by atoms with Gasteiger partial charge in [-0.2, -0.15) is 11.8 Å². The molecule has 2 aromatic carbocycles. The fraction of sp³-hybridized carbons (Fsp3) is 0.200. The minimum absolute atomic E-state index is 0.110. The van der Waals surface area contributed by atoms with Crippen molar-refractivity contribution in [2.75, 3.05) is 17.3 Å². The molecule has 0 radical (unpaired) electrons. The number of nitrogens with one attached hydrogen (secondary N) is 1. The Morgan fingerprint density at radius 3 is 2.28 bits per heavy atom. The van der Waals surface area contributed by atoms with Crippen LogP contribution in [0.1, 0.15) is 37.5 Å². The first-order chi connectivity index (χ1) is 13.8. The number of aromatic hydroxyl groups is 1. The number of phenols is 1. The number of aromatic carboxylic acids is 1. The molecule has 1 atom stereocenters. The van der Waals surface area contributed by atoms with Gasteiger partial charge in [-0.15, -0.1) is 0 Å². The minimum atomic E-state index is -1.22.